The standard InChI is InChI=1S/C13H21NO/c1-4-14-13(10-15-3)11(2)12-8-6-5-7-9-12/h5-9,11,13-14H,4,10H2,1-3H3. The van der Waals surface area contributed by atoms with Crippen LogP contribution in [0.5, 0.6) is 0 Å². The van der Waals surface area contributed by atoms with E-state index in [2.05, 4.69) is 49.5 Å². The Labute approximate surface area is 92.6 Å². The fourth-order valence-corrected chi connectivity index (χ4v) is 1.81. The molecule has 0 aromatic heterocycles. The van der Waals surface area contributed by atoms with Crippen molar-refractivity contribution in [3.63, 3.8) is 0 Å². The fraction of sp³-hybridized carbons (Fsp3) is 0.538. The minimum Gasteiger partial charge on any atom is -0.383 e. The second-order valence-electron chi connectivity index (χ2n) is 3.82. The summed E-state index contributed by atoms with van der Waals surface area (Å²) >= 11 is 0. The van der Waals surface area contributed by atoms with Crippen molar-refractivity contribution in [1.82, 2.24) is 5.32 Å². The van der Waals surface area contributed by atoms with Crippen LogP contribution in [0.1, 0.15) is 25.3 Å². The van der Waals surface area contributed by atoms with E-state index in [-0.39, 0.29) is 0 Å². The van der Waals surface area contributed by atoms with Gasteiger partial charge in [-0.25, -0.2) is 0 Å². The first-order chi connectivity index (χ1) is 7.29. The molecule has 2 nitrogen and oxygen atoms in total. The molecule has 0 saturated carbocycles. The quantitative estimate of drug-likeness (QED) is 0.773. The first kappa shape index (κ1) is 12.2. The number of hydrogen-bond donors (Lipinski definition) is 1. The van der Waals surface area contributed by atoms with Gasteiger partial charge in [0.25, 0.3) is 0 Å². The van der Waals surface area contributed by atoms with Crippen molar-refractivity contribution in [2.45, 2.75) is 25.8 Å². The predicted octanol–water partition coefficient (Wildman–Crippen LogP) is 2.41. The average Bonchev–Trinajstić information content (AvgIpc) is 2.29. The first-order valence-electron chi connectivity index (χ1n) is 5.56. The Kier molecular flexibility index (Phi) is 5.37. The Hall–Kier alpha value is -0.860. The summed E-state index contributed by atoms with van der Waals surface area (Å²) in [5.41, 5.74) is 1.36. The van der Waals surface area contributed by atoms with E-state index in [4.69, 9.17) is 4.74 Å². The van der Waals surface area contributed by atoms with Crippen LogP contribution in [0.2, 0.25) is 0 Å². The van der Waals surface area contributed by atoms with Crippen molar-refractivity contribution in [3.8, 4) is 0 Å². The van der Waals surface area contributed by atoms with Gasteiger partial charge in [0.15, 0.2) is 0 Å². The third-order valence-electron chi connectivity index (χ3n) is 2.74. The SMILES string of the molecule is CCNC(COC)C(C)c1ccccc1. The molecule has 0 fully saturated rings. The van der Waals surface area contributed by atoms with Gasteiger partial charge < -0.3 is 10.1 Å². The maximum absolute atomic E-state index is 5.24. The molecule has 1 aromatic rings. The molecule has 0 radical (unpaired) electrons. The van der Waals surface area contributed by atoms with Gasteiger partial charge in [0.05, 0.1) is 6.61 Å². The Morgan fingerprint density at radius 2 is 1.93 bits per heavy atom. The summed E-state index contributed by atoms with van der Waals surface area (Å²) in [4.78, 5) is 0. The van der Waals surface area contributed by atoms with E-state index in [0.717, 1.165) is 13.2 Å². The topological polar surface area (TPSA) is 21.3 Å². The molecule has 84 valence electrons. The van der Waals surface area contributed by atoms with E-state index in [9.17, 15) is 0 Å². The normalized spacial score (nSPS) is 14.9. The van der Waals surface area contributed by atoms with Gasteiger partial charge in [0.1, 0.15) is 0 Å². The van der Waals surface area contributed by atoms with Crippen molar-refractivity contribution in [3.05, 3.63) is 35.9 Å². The maximum atomic E-state index is 5.24. The van der Waals surface area contributed by atoms with E-state index >= 15 is 0 Å². The van der Waals surface area contributed by atoms with E-state index in [1.807, 2.05) is 0 Å². The molecular formula is C13H21NO. The molecule has 15 heavy (non-hydrogen) atoms. The van der Waals surface area contributed by atoms with Gasteiger partial charge >= 0.3 is 0 Å². The highest BCUT2D eigenvalue weighted by atomic mass is 16.5. The molecule has 0 aliphatic carbocycles. The number of rotatable bonds is 6. The van der Waals surface area contributed by atoms with Crippen molar-refractivity contribution >= 4 is 0 Å². The number of nitrogens with one attached hydrogen (secondary N) is 1. The third kappa shape index (κ3) is 3.65. The van der Waals surface area contributed by atoms with Crippen LogP contribution in [0.15, 0.2) is 30.3 Å². The average molecular weight is 207 g/mol. The lowest BCUT2D eigenvalue weighted by Gasteiger charge is -2.24. The number of likely N-dealkylation sites (N-methyl/N-ethyl adjacent to an activating group) is 1. The van der Waals surface area contributed by atoms with Crippen molar-refractivity contribution in [2.24, 2.45) is 0 Å². The summed E-state index contributed by atoms with van der Waals surface area (Å²) in [6, 6.07) is 11.0. The molecular weight excluding hydrogens is 186 g/mol. The molecule has 1 N–H and O–H groups in total. The molecule has 0 spiro atoms. The minimum atomic E-state index is 0.391. The molecule has 2 atom stereocenters. The van der Waals surface area contributed by atoms with Crippen molar-refractivity contribution in [2.75, 3.05) is 20.3 Å². The molecule has 0 saturated heterocycles. The molecule has 1 rings (SSSR count). The fourth-order valence-electron chi connectivity index (χ4n) is 1.81. The van der Waals surface area contributed by atoms with E-state index in [1.165, 1.54) is 5.56 Å². The zero-order valence-corrected chi connectivity index (χ0v) is 9.86. The highest BCUT2D eigenvalue weighted by Gasteiger charge is 2.17. The summed E-state index contributed by atoms with van der Waals surface area (Å²) in [5.74, 6) is 0.478. The highest BCUT2D eigenvalue weighted by molar-refractivity contribution is 5.20. The smallest absolute Gasteiger partial charge is 0.0621 e. The minimum absolute atomic E-state index is 0.391. The number of benzene rings is 1. The van der Waals surface area contributed by atoms with E-state index < -0.39 is 0 Å². The highest BCUT2D eigenvalue weighted by Crippen LogP contribution is 2.18. The summed E-state index contributed by atoms with van der Waals surface area (Å²) < 4.78 is 5.24. The number of ether oxygens (including phenoxy) is 1. The zero-order valence-electron chi connectivity index (χ0n) is 9.86. The van der Waals surface area contributed by atoms with Crippen LogP contribution in [0.4, 0.5) is 0 Å². The summed E-state index contributed by atoms with van der Waals surface area (Å²) in [7, 11) is 1.75. The van der Waals surface area contributed by atoms with Crippen LogP contribution < -0.4 is 5.32 Å². The van der Waals surface area contributed by atoms with E-state index in [0.29, 0.717) is 12.0 Å². The first-order valence-corrected chi connectivity index (χ1v) is 5.56. The number of methoxy groups -OCH3 is 1. The van der Waals surface area contributed by atoms with Crippen LogP contribution in [0.25, 0.3) is 0 Å². The molecule has 0 heterocycles. The Morgan fingerprint density at radius 3 is 2.47 bits per heavy atom. The monoisotopic (exact) mass is 207 g/mol. The van der Waals surface area contributed by atoms with Gasteiger partial charge in [-0.3, -0.25) is 0 Å². The largest absolute Gasteiger partial charge is 0.383 e. The molecule has 0 aliphatic rings. The second kappa shape index (κ2) is 6.59. The lowest BCUT2D eigenvalue weighted by molar-refractivity contribution is 0.158. The Balaban J connectivity index is 2.67. The number of hydrogen-bond acceptors (Lipinski definition) is 2. The van der Waals surface area contributed by atoms with Crippen LogP contribution in [0.3, 0.4) is 0 Å². The summed E-state index contributed by atoms with van der Waals surface area (Å²) in [6.07, 6.45) is 0. The van der Waals surface area contributed by atoms with Gasteiger partial charge in [-0.05, 0) is 18.0 Å². The van der Waals surface area contributed by atoms with E-state index in [1.54, 1.807) is 7.11 Å². The zero-order chi connectivity index (χ0) is 11.1. The Morgan fingerprint density at radius 1 is 1.27 bits per heavy atom. The van der Waals surface area contributed by atoms with Crippen molar-refractivity contribution < 1.29 is 4.74 Å². The van der Waals surface area contributed by atoms with Crippen LogP contribution >= 0.6 is 0 Å². The molecule has 0 aliphatic heterocycles. The van der Waals surface area contributed by atoms with Gasteiger partial charge in [0, 0.05) is 13.2 Å². The molecule has 1 aromatic carbocycles. The maximum Gasteiger partial charge on any atom is 0.0621 e. The van der Waals surface area contributed by atoms with Gasteiger partial charge in [-0.1, -0.05) is 44.2 Å². The molecule has 0 bridgehead atoms. The third-order valence-corrected chi connectivity index (χ3v) is 2.74. The van der Waals surface area contributed by atoms with Gasteiger partial charge in [-0.2, -0.15) is 0 Å². The van der Waals surface area contributed by atoms with Crippen molar-refractivity contribution in [1.29, 1.82) is 0 Å². The predicted molar refractivity (Wildman–Crippen MR) is 64.2 cm³/mol. The van der Waals surface area contributed by atoms with Crippen LogP contribution in [-0.2, 0) is 4.74 Å². The second-order valence-corrected chi connectivity index (χ2v) is 3.82. The van der Waals surface area contributed by atoms with Gasteiger partial charge in [0.2, 0.25) is 0 Å². The lowest BCUT2D eigenvalue weighted by Crippen LogP contribution is -2.37. The van der Waals surface area contributed by atoms with Crippen LogP contribution in [-0.4, -0.2) is 26.3 Å². The molecule has 2 heteroatoms. The molecule has 0 amide bonds. The lowest BCUT2D eigenvalue weighted by atomic mass is 9.94. The Bertz CT molecular complexity index is 254. The summed E-state index contributed by atoms with van der Waals surface area (Å²) in [6.45, 7) is 6.09. The molecule has 2 unspecified atom stereocenters. The summed E-state index contributed by atoms with van der Waals surface area (Å²) in [5, 5.41) is 3.46. The van der Waals surface area contributed by atoms with Crippen LogP contribution in [0, 0.1) is 0 Å². The van der Waals surface area contributed by atoms with Gasteiger partial charge in [-0.15, -0.1) is 0 Å².